The monoisotopic (exact) mass is 399 g/mol. The molecular formula is C18H24ClF2N5O. The molecule has 1 aliphatic heterocycles. The molecule has 1 amide bonds. The zero-order valence-corrected chi connectivity index (χ0v) is 16.4. The lowest BCUT2D eigenvalue weighted by molar-refractivity contribution is 0.0733. The Morgan fingerprint density at radius 3 is 2.67 bits per heavy atom. The molecule has 2 aromatic rings. The molecule has 1 atom stereocenters. The van der Waals surface area contributed by atoms with Crippen LogP contribution in [-0.2, 0) is 0 Å². The lowest BCUT2D eigenvalue weighted by Gasteiger charge is -2.26. The highest BCUT2D eigenvalue weighted by atomic mass is 35.5. The minimum atomic E-state index is -0.637. The molecule has 0 saturated carbocycles. The first-order valence-corrected chi connectivity index (χ1v) is 8.74. The lowest BCUT2D eigenvalue weighted by atomic mass is 10.1. The molecule has 0 radical (unpaired) electrons. The first-order valence-electron chi connectivity index (χ1n) is 8.74. The van der Waals surface area contributed by atoms with Crippen LogP contribution in [0.25, 0.3) is 0 Å². The summed E-state index contributed by atoms with van der Waals surface area (Å²) in [5.74, 6) is -1.45. The Bertz CT molecular complexity index is 807. The Labute approximate surface area is 163 Å². The van der Waals surface area contributed by atoms with Gasteiger partial charge in [0.1, 0.15) is 11.6 Å². The van der Waals surface area contributed by atoms with Crippen molar-refractivity contribution >= 4 is 18.3 Å². The van der Waals surface area contributed by atoms with Gasteiger partial charge in [0.15, 0.2) is 5.69 Å². The summed E-state index contributed by atoms with van der Waals surface area (Å²) >= 11 is 0. The van der Waals surface area contributed by atoms with Crippen LogP contribution in [0.1, 0.15) is 53.6 Å². The van der Waals surface area contributed by atoms with E-state index in [9.17, 15) is 13.6 Å². The van der Waals surface area contributed by atoms with Crippen LogP contribution in [0.15, 0.2) is 18.2 Å². The molecule has 27 heavy (non-hydrogen) atoms. The van der Waals surface area contributed by atoms with E-state index in [-0.39, 0.29) is 35.6 Å². The Morgan fingerprint density at radius 2 is 2.00 bits per heavy atom. The van der Waals surface area contributed by atoms with Crippen LogP contribution in [0, 0.1) is 18.6 Å². The average Bonchev–Trinajstić information content (AvgIpc) is 3.04. The number of benzene rings is 1. The van der Waals surface area contributed by atoms with E-state index >= 15 is 0 Å². The maximum absolute atomic E-state index is 14.0. The number of nitrogens with one attached hydrogen (secondary N) is 1. The summed E-state index contributed by atoms with van der Waals surface area (Å²) in [6, 6.07) is 2.82. The quantitative estimate of drug-likeness (QED) is 0.858. The lowest BCUT2D eigenvalue weighted by Crippen LogP contribution is -2.32. The van der Waals surface area contributed by atoms with E-state index in [0.717, 1.165) is 44.1 Å². The highest BCUT2D eigenvalue weighted by Crippen LogP contribution is 2.26. The van der Waals surface area contributed by atoms with Gasteiger partial charge in [-0.3, -0.25) is 4.79 Å². The number of rotatable bonds is 4. The Morgan fingerprint density at radius 1 is 1.33 bits per heavy atom. The Balaban J connectivity index is 0.00000261. The van der Waals surface area contributed by atoms with E-state index in [1.165, 1.54) is 4.90 Å². The highest BCUT2D eigenvalue weighted by molar-refractivity contribution is 5.93. The fourth-order valence-corrected chi connectivity index (χ4v) is 3.32. The maximum atomic E-state index is 14.0. The summed E-state index contributed by atoms with van der Waals surface area (Å²) in [7, 11) is 1.56. The standard InChI is InChI=1S/C18H23F2N5O.ClH/c1-11(15-10-13(19)4-5-16(15)20)24(3)18(26)17-12(2)25(23-22-17)14-6-8-21-9-7-14;/h4-5,10-11,14,21H,6-9H2,1-3H3;1H. The van der Waals surface area contributed by atoms with Crippen molar-refractivity contribution in [3.05, 3.63) is 46.8 Å². The fourth-order valence-electron chi connectivity index (χ4n) is 3.32. The second kappa shape index (κ2) is 8.75. The van der Waals surface area contributed by atoms with Crippen LogP contribution < -0.4 is 5.32 Å². The van der Waals surface area contributed by atoms with Crippen molar-refractivity contribution in [1.82, 2.24) is 25.2 Å². The summed E-state index contributed by atoms with van der Waals surface area (Å²) in [4.78, 5) is 14.2. The van der Waals surface area contributed by atoms with Crippen molar-refractivity contribution in [2.24, 2.45) is 0 Å². The van der Waals surface area contributed by atoms with Crippen molar-refractivity contribution in [2.45, 2.75) is 38.8 Å². The first kappa shape index (κ1) is 21.2. The fraction of sp³-hybridized carbons (Fsp3) is 0.500. The van der Waals surface area contributed by atoms with Gasteiger partial charge in [0.05, 0.1) is 17.8 Å². The molecule has 148 valence electrons. The van der Waals surface area contributed by atoms with Gasteiger partial charge in [-0.25, -0.2) is 13.5 Å². The second-order valence-corrected chi connectivity index (χ2v) is 6.71. The molecule has 9 heteroatoms. The van der Waals surface area contributed by atoms with Crippen molar-refractivity contribution in [3.8, 4) is 0 Å². The average molecular weight is 400 g/mol. The largest absolute Gasteiger partial charge is 0.333 e. The Kier molecular flexibility index (Phi) is 6.89. The van der Waals surface area contributed by atoms with Gasteiger partial charge in [-0.2, -0.15) is 0 Å². The van der Waals surface area contributed by atoms with Crippen LogP contribution in [0.2, 0.25) is 0 Å². The number of hydrogen-bond acceptors (Lipinski definition) is 4. The number of nitrogens with zero attached hydrogens (tertiary/aromatic N) is 4. The van der Waals surface area contributed by atoms with Gasteiger partial charge in [-0.15, -0.1) is 17.5 Å². The van der Waals surface area contributed by atoms with Crippen LogP contribution >= 0.6 is 12.4 Å². The van der Waals surface area contributed by atoms with E-state index in [4.69, 9.17) is 0 Å². The molecular weight excluding hydrogens is 376 g/mol. The van der Waals surface area contributed by atoms with Gasteiger partial charge in [0.2, 0.25) is 0 Å². The molecule has 1 fully saturated rings. The van der Waals surface area contributed by atoms with Crippen LogP contribution in [0.5, 0.6) is 0 Å². The van der Waals surface area contributed by atoms with E-state index in [1.54, 1.807) is 18.7 Å². The van der Waals surface area contributed by atoms with Crippen molar-refractivity contribution in [3.63, 3.8) is 0 Å². The van der Waals surface area contributed by atoms with Crippen molar-refractivity contribution < 1.29 is 13.6 Å². The van der Waals surface area contributed by atoms with Gasteiger partial charge in [0, 0.05) is 12.6 Å². The van der Waals surface area contributed by atoms with Gasteiger partial charge in [0.25, 0.3) is 5.91 Å². The Hall–Kier alpha value is -2.06. The van der Waals surface area contributed by atoms with Crippen molar-refractivity contribution in [1.29, 1.82) is 0 Å². The maximum Gasteiger partial charge on any atom is 0.276 e. The summed E-state index contributed by atoms with van der Waals surface area (Å²) in [6.45, 7) is 5.28. The minimum absolute atomic E-state index is 0. The number of piperidine rings is 1. The summed E-state index contributed by atoms with van der Waals surface area (Å²) in [5, 5.41) is 11.5. The third kappa shape index (κ3) is 4.27. The van der Waals surface area contributed by atoms with E-state index in [2.05, 4.69) is 15.6 Å². The SMILES string of the molecule is Cc1c(C(=O)N(C)C(C)c2cc(F)ccc2F)nnn1C1CCNCC1.Cl. The van der Waals surface area contributed by atoms with Gasteiger partial charge in [-0.1, -0.05) is 5.21 Å². The molecule has 2 heterocycles. The molecule has 1 N–H and O–H groups in total. The summed E-state index contributed by atoms with van der Waals surface area (Å²) < 4.78 is 29.3. The van der Waals surface area contributed by atoms with E-state index < -0.39 is 17.7 Å². The molecule has 0 aliphatic carbocycles. The summed E-state index contributed by atoms with van der Waals surface area (Å²) in [5.41, 5.74) is 1.07. The second-order valence-electron chi connectivity index (χ2n) is 6.71. The number of carbonyl (C=O) groups is 1. The summed E-state index contributed by atoms with van der Waals surface area (Å²) in [6.07, 6.45) is 1.86. The van der Waals surface area contributed by atoms with Crippen LogP contribution in [0.4, 0.5) is 8.78 Å². The third-order valence-electron chi connectivity index (χ3n) is 5.09. The first-order chi connectivity index (χ1) is 12.4. The molecule has 1 aromatic carbocycles. The van der Waals surface area contributed by atoms with E-state index in [0.29, 0.717) is 5.69 Å². The van der Waals surface area contributed by atoms with Gasteiger partial charge < -0.3 is 10.2 Å². The third-order valence-corrected chi connectivity index (χ3v) is 5.09. The molecule has 0 spiro atoms. The number of hydrogen-bond donors (Lipinski definition) is 1. The topological polar surface area (TPSA) is 63.1 Å². The molecule has 1 saturated heterocycles. The van der Waals surface area contributed by atoms with Crippen molar-refractivity contribution in [2.75, 3.05) is 20.1 Å². The van der Waals surface area contributed by atoms with E-state index in [1.807, 2.05) is 6.92 Å². The predicted octanol–water partition coefficient (Wildman–Crippen LogP) is 3.04. The molecule has 3 rings (SSSR count). The number of halogens is 3. The van der Waals surface area contributed by atoms with Crippen LogP contribution in [0.3, 0.4) is 0 Å². The number of carbonyl (C=O) groups excluding carboxylic acids is 1. The predicted molar refractivity (Wildman–Crippen MR) is 100 cm³/mol. The highest BCUT2D eigenvalue weighted by Gasteiger charge is 2.28. The zero-order chi connectivity index (χ0) is 18.8. The number of aromatic nitrogens is 3. The minimum Gasteiger partial charge on any atom is -0.333 e. The number of amides is 1. The normalized spacial score (nSPS) is 15.9. The molecule has 1 unspecified atom stereocenters. The smallest absolute Gasteiger partial charge is 0.276 e. The van der Waals surface area contributed by atoms with Gasteiger partial charge >= 0.3 is 0 Å². The molecule has 1 aromatic heterocycles. The molecule has 6 nitrogen and oxygen atoms in total. The zero-order valence-electron chi connectivity index (χ0n) is 15.6. The molecule has 0 bridgehead atoms. The molecule has 1 aliphatic rings. The van der Waals surface area contributed by atoms with Crippen LogP contribution in [-0.4, -0.2) is 45.9 Å². The van der Waals surface area contributed by atoms with Gasteiger partial charge in [-0.05, 0) is 58.0 Å².